The Hall–Kier alpha value is -3.19. The van der Waals surface area contributed by atoms with Gasteiger partial charge in [0.25, 0.3) is 0 Å². The average molecular weight is 558 g/mol. The van der Waals surface area contributed by atoms with Gasteiger partial charge in [-0.3, -0.25) is 33.8 Å². The zero-order valence-electron chi connectivity index (χ0n) is 22.8. The van der Waals surface area contributed by atoms with E-state index in [0.717, 1.165) is 0 Å². The number of likely N-dealkylation sites (tertiary alicyclic amines) is 1. The predicted molar refractivity (Wildman–Crippen MR) is 138 cm³/mol. The lowest BCUT2D eigenvalue weighted by Gasteiger charge is -2.52. The van der Waals surface area contributed by atoms with Gasteiger partial charge in [-0.05, 0) is 51.8 Å². The number of phenolic OH excluding ortho intramolecular Hbond substituents is 1. The number of nitrogens with two attached hydrogens (primary N) is 1. The number of methoxy groups -OCH3 is 1. The molecule has 1 aliphatic heterocycles. The van der Waals surface area contributed by atoms with Gasteiger partial charge < -0.3 is 25.8 Å². The van der Waals surface area contributed by atoms with Crippen LogP contribution in [0, 0.1) is 23.7 Å². The van der Waals surface area contributed by atoms with Crippen LogP contribution in [0.5, 0.6) is 11.5 Å². The smallest absolute Gasteiger partial charge is 0.235 e. The van der Waals surface area contributed by atoms with Crippen LogP contribution in [0.15, 0.2) is 6.07 Å². The number of aliphatic hydroxyl groups is 2. The van der Waals surface area contributed by atoms with Gasteiger partial charge in [-0.25, -0.2) is 0 Å². The predicted octanol–water partition coefficient (Wildman–Crippen LogP) is -1.17. The minimum atomic E-state index is -2.75. The van der Waals surface area contributed by atoms with Crippen molar-refractivity contribution in [3.63, 3.8) is 0 Å². The van der Waals surface area contributed by atoms with Crippen molar-refractivity contribution >= 4 is 29.0 Å². The van der Waals surface area contributed by atoms with Gasteiger partial charge in [-0.2, -0.15) is 0 Å². The molecule has 40 heavy (non-hydrogen) atoms. The summed E-state index contributed by atoms with van der Waals surface area (Å²) >= 11 is 0. The number of carbonyl (C=O) groups excluding carboxylic acids is 5. The number of likely N-dealkylation sites (N-methyl/N-ethyl adjacent to an activating group) is 1. The highest BCUT2D eigenvalue weighted by atomic mass is 16.5. The summed E-state index contributed by atoms with van der Waals surface area (Å²) in [6.45, 7) is 1.72. The van der Waals surface area contributed by atoms with Crippen LogP contribution in [0.4, 0.5) is 0 Å². The molecule has 3 fully saturated rings. The molecule has 0 spiro atoms. The first kappa shape index (κ1) is 28.3. The molecule has 0 bridgehead atoms. The third-order valence-corrected chi connectivity index (χ3v) is 9.24. The Labute approximate surface area is 231 Å². The number of carbonyl (C=O) groups is 5. The quantitative estimate of drug-likeness (QED) is 0.320. The van der Waals surface area contributed by atoms with E-state index in [2.05, 4.69) is 4.90 Å². The average Bonchev–Trinajstić information content (AvgIpc) is 2.87. The molecule has 12 nitrogen and oxygen atoms in total. The first-order valence-electron chi connectivity index (χ1n) is 13.5. The maximum atomic E-state index is 13.9. The number of Topliss-reactive ketones (excluding diaryl/α,β-unsaturated/α-hetero) is 4. The highest BCUT2D eigenvalue weighted by Crippen LogP contribution is 2.52. The number of primary amides is 1. The van der Waals surface area contributed by atoms with Gasteiger partial charge in [0.15, 0.2) is 34.7 Å². The molecule has 0 aromatic heterocycles. The summed E-state index contributed by atoms with van der Waals surface area (Å²) in [5, 5.41) is 32.5. The SMILES string of the molecule is COc1c(CN2CCC(O)CC2)cc(O)c2c1C[C@H]1C[C@H]3[C@H](N(C)C)C(=O)C(C(N)=O)C(=O)[C@@]3(O)C(=O)C1C2=O. The Balaban J connectivity index is 1.57. The fraction of sp³-hybridized carbons (Fsp3) is 0.607. The van der Waals surface area contributed by atoms with Gasteiger partial charge in [0, 0.05) is 36.7 Å². The van der Waals surface area contributed by atoms with Crippen molar-refractivity contribution in [2.24, 2.45) is 29.4 Å². The van der Waals surface area contributed by atoms with Crippen LogP contribution in [-0.2, 0) is 32.1 Å². The van der Waals surface area contributed by atoms with E-state index in [1.165, 1.54) is 18.1 Å². The van der Waals surface area contributed by atoms with Crippen LogP contribution >= 0.6 is 0 Å². The fourth-order valence-corrected chi connectivity index (χ4v) is 7.41. The summed E-state index contributed by atoms with van der Waals surface area (Å²) < 4.78 is 5.74. The molecule has 1 aromatic rings. The number of phenols is 1. The lowest BCUT2D eigenvalue weighted by Crippen LogP contribution is -2.74. The Bertz CT molecular complexity index is 1300. The second kappa shape index (κ2) is 10.0. The highest BCUT2D eigenvalue weighted by molar-refractivity contribution is 6.32. The summed E-state index contributed by atoms with van der Waals surface area (Å²) in [5.41, 5.74) is 3.58. The van der Waals surface area contributed by atoms with Gasteiger partial charge in [0.05, 0.1) is 30.7 Å². The van der Waals surface area contributed by atoms with Crippen molar-refractivity contribution < 1.29 is 44.0 Å². The van der Waals surface area contributed by atoms with E-state index in [1.54, 1.807) is 14.1 Å². The second-order valence-corrected chi connectivity index (χ2v) is 11.7. The van der Waals surface area contributed by atoms with Crippen molar-refractivity contribution in [3.05, 3.63) is 22.8 Å². The van der Waals surface area contributed by atoms with Crippen LogP contribution in [-0.4, -0.2) is 106 Å². The van der Waals surface area contributed by atoms with Crippen LogP contribution < -0.4 is 10.5 Å². The third-order valence-electron chi connectivity index (χ3n) is 9.24. The van der Waals surface area contributed by atoms with Crippen molar-refractivity contribution in [2.45, 2.75) is 50.0 Å². The molecule has 1 aromatic carbocycles. The molecule has 3 aliphatic carbocycles. The first-order valence-corrected chi connectivity index (χ1v) is 13.5. The second-order valence-electron chi connectivity index (χ2n) is 11.7. The number of aliphatic hydroxyl groups excluding tert-OH is 1. The number of rotatable bonds is 5. The zero-order valence-corrected chi connectivity index (χ0v) is 22.8. The number of hydrogen-bond donors (Lipinski definition) is 4. The summed E-state index contributed by atoms with van der Waals surface area (Å²) in [6.07, 6.45) is 0.996. The molecule has 1 amide bonds. The van der Waals surface area contributed by atoms with Crippen molar-refractivity contribution in [3.8, 4) is 11.5 Å². The topological polar surface area (TPSA) is 188 Å². The molecule has 2 saturated carbocycles. The van der Waals surface area contributed by atoms with E-state index >= 15 is 0 Å². The Kier molecular flexibility index (Phi) is 7.10. The normalized spacial score (nSPS) is 33.0. The van der Waals surface area contributed by atoms with E-state index in [1.807, 2.05) is 0 Å². The standard InChI is InChI=1S/C28H35N3O9/c1-30(2)21-16-9-12-8-15-19(17(33)10-13(24(15)40-3)11-31-6-4-14(32)5-7-31)22(34)18(12)25(36)28(16,39)26(37)20(23(21)35)27(29)38/h10,12,14,16,18,20-21,32-33,39H,4-9,11H2,1-3H3,(H2,29,38)/t12-,16-,18?,20?,21-,28-/m0/s1. The molecule has 1 heterocycles. The Morgan fingerprint density at radius 2 is 1.82 bits per heavy atom. The van der Waals surface area contributed by atoms with Gasteiger partial charge in [-0.1, -0.05) is 0 Å². The maximum Gasteiger partial charge on any atom is 0.235 e. The van der Waals surface area contributed by atoms with E-state index in [-0.39, 0.29) is 30.3 Å². The van der Waals surface area contributed by atoms with E-state index in [9.17, 15) is 39.3 Å². The van der Waals surface area contributed by atoms with E-state index in [4.69, 9.17) is 10.5 Å². The van der Waals surface area contributed by atoms with Crippen molar-refractivity contribution in [1.29, 1.82) is 0 Å². The number of hydrogen-bond acceptors (Lipinski definition) is 11. The van der Waals surface area contributed by atoms with Crippen LogP contribution in [0.1, 0.15) is 40.7 Å². The fourth-order valence-electron chi connectivity index (χ4n) is 7.41. The van der Waals surface area contributed by atoms with Crippen LogP contribution in [0.25, 0.3) is 0 Å². The Morgan fingerprint density at radius 1 is 1.18 bits per heavy atom. The molecule has 2 unspecified atom stereocenters. The number of aromatic hydroxyl groups is 1. The molecule has 5 N–H and O–H groups in total. The van der Waals surface area contributed by atoms with Crippen LogP contribution in [0.2, 0.25) is 0 Å². The maximum absolute atomic E-state index is 13.9. The van der Waals surface area contributed by atoms with E-state index in [0.29, 0.717) is 49.4 Å². The first-order chi connectivity index (χ1) is 18.8. The number of amides is 1. The molecule has 1 saturated heterocycles. The Morgan fingerprint density at radius 3 is 2.40 bits per heavy atom. The number of piperidine rings is 1. The third kappa shape index (κ3) is 4.08. The largest absolute Gasteiger partial charge is 0.507 e. The molecule has 12 heteroatoms. The minimum absolute atomic E-state index is 0.0257. The molecule has 4 aliphatic rings. The van der Waals surface area contributed by atoms with Crippen molar-refractivity contribution in [1.82, 2.24) is 9.80 Å². The highest BCUT2D eigenvalue weighted by Gasteiger charge is 2.69. The summed E-state index contributed by atoms with van der Waals surface area (Å²) in [5.74, 6) is -10.4. The lowest BCUT2D eigenvalue weighted by atomic mass is 9.52. The van der Waals surface area contributed by atoms with Crippen LogP contribution in [0.3, 0.4) is 0 Å². The van der Waals surface area contributed by atoms with Crippen molar-refractivity contribution in [2.75, 3.05) is 34.3 Å². The van der Waals surface area contributed by atoms with Gasteiger partial charge in [0.2, 0.25) is 5.91 Å². The molecule has 5 rings (SSSR count). The van der Waals surface area contributed by atoms with E-state index < -0.39 is 64.4 Å². The molecule has 6 atom stereocenters. The summed E-state index contributed by atoms with van der Waals surface area (Å²) in [6, 6.07) is 0.277. The summed E-state index contributed by atoms with van der Waals surface area (Å²) in [7, 11) is 4.55. The number of ether oxygens (including phenoxy) is 1. The number of fused-ring (bicyclic) bond motifs is 3. The monoisotopic (exact) mass is 557 g/mol. The number of ketones is 4. The molecular weight excluding hydrogens is 522 g/mol. The number of benzene rings is 1. The molecular formula is C28H35N3O9. The molecule has 216 valence electrons. The summed E-state index contributed by atoms with van der Waals surface area (Å²) in [4.78, 5) is 70.0. The zero-order chi connectivity index (χ0) is 29.3. The lowest BCUT2D eigenvalue weighted by molar-refractivity contribution is -0.181. The number of nitrogens with zero attached hydrogens (tertiary/aromatic N) is 2. The molecule has 0 radical (unpaired) electrons. The van der Waals surface area contributed by atoms with Gasteiger partial charge >= 0.3 is 0 Å². The van der Waals surface area contributed by atoms with Gasteiger partial charge in [-0.15, -0.1) is 0 Å². The van der Waals surface area contributed by atoms with Gasteiger partial charge in [0.1, 0.15) is 11.5 Å². The minimum Gasteiger partial charge on any atom is -0.507 e.